The topological polar surface area (TPSA) is 52.6 Å². The molecule has 24 heavy (non-hydrogen) atoms. The second-order valence-electron chi connectivity index (χ2n) is 6.31. The number of rotatable bonds is 7. The van der Waals surface area contributed by atoms with E-state index in [1.54, 1.807) is 18.2 Å². The van der Waals surface area contributed by atoms with Gasteiger partial charge >= 0.3 is 12.1 Å². The number of nitrogens with zero attached hydrogens (tertiary/aromatic N) is 1. The number of likely N-dealkylation sites (tertiary alicyclic amines) is 1. The van der Waals surface area contributed by atoms with E-state index < -0.39 is 18.7 Å². The molecule has 0 unspecified atom stereocenters. The maximum Gasteiger partial charge on any atom is 0.401 e. The Hall–Kier alpha value is -1.60. The Bertz CT molecular complexity index is 541. The lowest BCUT2D eigenvalue weighted by Gasteiger charge is -2.32. The monoisotopic (exact) mass is 344 g/mol. The van der Waals surface area contributed by atoms with Crippen molar-refractivity contribution in [1.29, 1.82) is 0 Å². The van der Waals surface area contributed by atoms with Crippen molar-refractivity contribution < 1.29 is 23.1 Å². The third-order valence-electron chi connectivity index (χ3n) is 4.34. The minimum Gasteiger partial charge on any atom is -0.478 e. The molecular weight excluding hydrogens is 321 g/mol. The van der Waals surface area contributed by atoms with Crippen LogP contribution < -0.4 is 5.32 Å². The number of piperidine rings is 1. The predicted molar refractivity (Wildman–Crippen MR) is 84.9 cm³/mol. The number of alkyl halides is 3. The van der Waals surface area contributed by atoms with E-state index in [0.29, 0.717) is 25.6 Å². The van der Waals surface area contributed by atoms with Crippen LogP contribution >= 0.6 is 0 Å². The Morgan fingerprint density at radius 2 is 2.00 bits per heavy atom. The molecule has 1 saturated heterocycles. The van der Waals surface area contributed by atoms with E-state index in [-0.39, 0.29) is 5.56 Å². The molecule has 4 nitrogen and oxygen atoms in total. The number of carboxylic acid groups (broad SMARTS) is 1. The summed E-state index contributed by atoms with van der Waals surface area (Å²) in [5, 5.41) is 12.2. The van der Waals surface area contributed by atoms with Gasteiger partial charge < -0.3 is 10.4 Å². The van der Waals surface area contributed by atoms with Crippen LogP contribution in [0.15, 0.2) is 24.3 Å². The number of carboxylic acids is 1. The number of halogens is 3. The zero-order chi connectivity index (χ0) is 17.6. The Kier molecular flexibility index (Phi) is 6.62. The maximum atomic E-state index is 12.3. The van der Waals surface area contributed by atoms with Crippen molar-refractivity contribution >= 4 is 5.97 Å². The summed E-state index contributed by atoms with van der Waals surface area (Å²) in [6.45, 7) is 1.57. The predicted octanol–water partition coefficient (Wildman–Crippen LogP) is 3.14. The third kappa shape index (κ3) is 6.49. The zero-order valence-corrected chi connectivity index (χ0v) is 13.5. The van der Waals surface area contributed by atoms with Crippen molar-refractivity contribution in [3.05, 3.63) is 35.4 Å². The molecule has 1 fully saturated rings. The van der Waals surface area contributed by atoms with E-state index in [2.05, 4.69) is 5.32 Å². The molecular formula is C17H23F3N2O2. The summed E-state index contributed by atoms with van der Waals surface area (Å²) in [5.74, 6) is -0.491. The quantitative estimate of drug-likeness (QED) is 0.746. The first-order chi connectivity index (χ1) is 11.3. The van der Waals surface area contributed by atoms with Gasteiger partial charge in [-0.05, 0) is 62.5 Å². The van der Waals surface area contributed by atoms with Crippen LogP contribution in [-0.4, -0.2) is 48.3 Å². The highest BCUT2D eigenvalue weighted by molar-refractivity contribution is 5.87. The molecule has 0 atom stereocenters. The van der Waals surface area contributed by atoms with Gasteiger partial charge in [-0.3, -0.25) is 4.90 Å². The number of hydrogen-bond acceptors (Lipinski definition) is 3. The Morgan fingerprint density at radius 3 is 2.62 bits per heavy atom. The lowest BCUT2D eigenvalue weighted by molar-refractivity contribution is -0.148. The van der Waals surface area contributed by atoms with Crippen LogP contribution in [0.4, 0.5) is 13.2 Å². The lowest BCUT2D eigenvalue weighted by atomic mass is 9.93. The molecule has 1 aliphatic heterocycles. The molecule has 1 aliphatic rings. The van der Waals surface area contributed by atoms with Crippen molar-refractivity contribution in [3.8, 4) is 0 Å². The standard InChI is InChI=1S/C17H23F3N2O2/c18-17(19,20)12-22-8-5-13(6-9-22)4-7-21-11-14-2-1-3-15(10-14)16(23)24/h1-3,10,13,21H,4-9,11-12H2,(H,23,24). The molecule has 0 aromatic heterocycles. The van der Waals surface area contributed by atoms with E-state index in [9.17, 15) is 18.0 Å². The summed E-state index contributed by atoms with van der Waals surface area (Å²) in [5.41, 5.74) is 1.18. The van der Waals surface area contributed by atoms with E-state index >= 15 is 0 Å². The first-order valence-electron chi connectivity index (χ1n) is 8.15. The van der Waals surface area contributed by atoms with Crippen LogP contribution in [-0.2, 0) is 6.54 Å². The van der Waals surface area contributed by atoms with Crippen LogP contribution in [0.5, 0.6) is 0 Å². The summed E-state index contributed by atoms with van der Waals surface area (Å²) in [4.78, 5) is 12.4. The van der Waals surface area contributed by atoms with E-state index in [1.807, 2.05) is 6.07 Å². The molecule has 1 heterocycles. The van der Waals surface area contributed by atoms with E-state index in [0.717, 1.165) is 31.4 Å². The molecule has 1 aromatic rings. The van der Waals surface area contributed by atoms with Gasteiger partial charge in [0.05, 0.1) is 12.1 Å². The van der Waals surface area contributed by atoms with Crippen LogP contribution in [0.25, 0.3) is 0 Å². The summed E-state index contributed by atoms with van der Waals surface area (Å²) in [6.07, 6.45) is -1.59. The first-order valence-corrected chi connectivity index (χ1v) is 8.15. The Labute approximate surface area is 139 Å². The van der Waals surface area contributed by atoms with Crippen LogP contribution in [0.3, 0.4) is 0 Å². The van der Waals surface area contributed by atoms with Gasteiger partial charge in [-0.15, -0.1) is 0 Å². The highest BCUT2D eigenvalue weighted by Gasteiger charge is 2.32. The molecule has 2 N–H and O–H groups in total. The van der Waals surface area contributed by atoms with Crippen molar-refractivity contribution in [2.45, 2.75) is 32.0 Å². The zero-order valence-electron chi connectivity index (χ0n) is 13.5. The Morgan fingerprint density at radius 1 is 1.29 bits per heavy atom. The molecule has 0 saturated carbocycles. The minimum absolute atomic E-state index is 0.270. The smallest absolute Gasteiger partial charge is 0.401 e. The number of carbonyl (C=O) groups is 1. The number of nitrogens with one attached hydrogen (secondary N) is 1. The SMILES string of the molecule is O=C(O)c1cccc(CNCCC2CCN(CC(F)(F)F)CC2)c1. The molecule has 134 valence electrons. The summed E-state index contributed by atoms with van der Waals surface area (Å²) >= 11 is 0. The minimum atomic E-state index is -4.11. The molecule has 0 amide bonds. The second kappa shape index (κ2) is 8.48. The van der Waals surface area contributed by atoms with Crippen LogP contribution in [0, 0.1) is 5.92 Å². The normalized spacial score (nSPS) is 17.1. The van der Waals surface area contributed by atoms with E-state index in [1.165, 1.54) is 4.90 Å². The molecule has 7 heteroatoms. The van der Waals surface area contributed by atoms with Crippen molar-refractivity contribution in [2.24, 2.45) is 5.92 Å². The Balaban J connectivity index is 1.63. The summed E-state index contributed by atoms with van der Waals surface area (Å²) < 4.78 is 37.0. The first kappa shape index (κ1) is 18.7. The maximum absolute atomic E-state index is 12.3. The molecule has 0 bridgehead atoms. The average Bonchev–Trinajstić information content (AvgIpc) is 2.52. The highest BCUT2D eigenvalue weighted by atomic mass is 19.4. The van der Waals surface area contributed by atoms with Crippen LogP contribution in [0.2, 0.25) is 0 Å². The number of hydrogen-bond donors (Lipinski definition) is 2. The van der Waals surface area contributed by atoms with E-state index in [4.69, 9.17) is 5.11 Å². The number of aromatic carboxylic acids is 1. The van der Waals surface area contributed by atoms with Gasteiger partial charge in [0.1, 0.15) is 0 Å². The van der Waals surface area contributed by atoms with Gasteiger partial charge in [0, 0.05) is 6.54 Å². The van der Waals surface area contributed by atoms with Gasteiger partial charge in [-0.2, -0.15) is 13.2 Å². The van der Waals surface area contributed by atoms with Gasteiger partial charge in [0.25, 0.3) is 0 Å². The summed E-state index contributed by atoms with van der Waals surface area (Å²) in [6, 6.07) is 6.79. The van der Waals surface area contributed by atoms with Gasteiger partial charge in [-0.25, -0.2) is 4.79 Å². The second-order valence-corrected chi connectivity index (χ2v) is 6.31. The molecule has 0 radical (unpaired) electrons. The van der Waals surface area contributed by atoms with Gasteiger partial charge in [0.15, 0.2) is 0 Å². The third-order valence-corrected chi connectivity index (χ3v) is 4.34. The molecule has 1 aromatic carbocycles. The largest absolute Gasteiger partial charge is 0.478 e. The molecule has 0 aliphatic carbocycles. The summed E-state index contributed by atoms with van der Waals surface area (Å²) in [7, 11) is 0. The average molecular weight is 344 g/mol. The number of benzene rings is 1. The fourth-order valence-electron chi connectivity index (χ4n) is 3.04. The van der Waals surface area contributed by atoms with Crippen molar-refractivity contribution in [2.75, 3.05) is 26.2 Å². The fourth-order valence-corrected chi connectivity index (χ4v) is 3.04. The van der Waals surface area contributed by atoms with Crippen molar-refractivity contribution in [1.82, 2.24) is 10.2 Å². The molecule has 0 spiro atoms. The lowest BCUT2D eigenvalue weighted by Crippen LogP contribution is -2.40. The molecule has 2 rings (SSSR count). The van der Waals surface area contributed by atoms with Gasteiger partial charge in [-0.1, -0.05) is 12.1 Å². The highest BCUT2D eigenvalue weighted by Crippen LogP contribution is 2.24. The fraction of sp³-hybridized carbons (Fsp3) is 0.588. The van der Waals surface area contributed by atoms with Gasteiger partial charge in [0.2, 0.25) is 0 Å². The van der Waals surface area contributed by atoms with Crippen LogP contribution in [0.1, 0.15) is 35.2 Å². The van der Waals surface area contributed by atoms with Crippen molar-refractivity contribution in [3.63, 3.8) is 0 Å².